The number of hydrogen-bond acceptors (Lipinski definition) is 1. The second kappa shape index (κ2) is 4.21. The number of rotatable bonds is 1. The van der Waals surface area contributed by atoms with E-state index in [4.69, 9.17) is 12.2 Å². The van der Waals surface area contributed by atoms with Gasteiger partial charge in [0, 0.05) is 11.3 Å². The van der Waals surface area contributed by atoms with Gasteiger partial charge in [-0.1, -0.05) is 54.2 Å². The summed E-state index contributed by atoms with van der Waals surface area (Å²) in [6.45, 7) is 4.31. The van der Waals surface area contributed by atoms with Gasteiger partial charge in [-0.25, -0.2) is 0 Å². The monoisotopic (exact) mass is 253 g/mol. The van der Waals surface area contributed by atoms with Crippen molar-refractivity contribution in [2.75, 3.05) is 4.90 Å². The molecule has 90 valence electrons. The molecule has 1 atom stereocenters. The normalized spacial score (nSPS) is 18.0. The molecule has 0 amide bonds. The maximum absolute atomic E-state index is 5.61. The lowest BCUT2D eigenvalue weighted by molar-refractivity contribution is 0.824. The molecule has 0 bridgehead atoms. The van der Waals surface area contributed by atoms with Crippen LogP contribution < -0.4 is 4.90 Å². The van der Waals surface area contributed by atoms with E-state index in [9.17, 15) is 0 Å². The minimum absolute atomic E-state index is 0.316. The smallest absolute Gasteiger partial charge is 0.114 e. The van der Waals surface area contributed by atoms with Crippen LogP contribution in [0.3, 0.4) is 0 Å². The summed E-state index contributed by atoms with van der Waals surface area (Å²) in [5, 5.41) is 0. The maximum Gasteiger partial charge on any atom is 0.114 e. The highest BCUT2D eigenvalue weighted by Gasteiger charge is 2.31. The molecular weight excluding hydrogens is 238 g/mol. The Labute approximate surface area is 113 Å². The van der Waals surface area contributed by atoms with E-state index in [2.05, 4.69) is 67.3 Å². The minimum atomic E-state index is 0.316. The molecule has 0 saturated heterocycles. The molecule has 0 aromatic heterocycles. The SMILES string of the molecule is Cc1ccc(N2C(=S)c3ccccc3C2C)cc1. The summed E-state index contributed by atoms with van der Waals surface area (Å²) in [5.74, 6) is 0. The molecule has 0 radical (unpaired) electrons. The Morgan fingerprint density at radius 1 is 1.00 bits per heavy atom. The second-order valence-electron chi connectivity index (χ2n) is 4.77. The van der Waals surface area contributed by atoms with Crippen LogP contribution in [0.25, 0.3) is 0 Å². The van der Waals surface area contributed by atoms with Crippen LogP contribution in [0.5, 0.6) is 0 Å². The highest BCUT2D eigenvalue weighted by atomic mass is 32.1. The Morgan fingerprint density at radius 2 is 1.67 bits per heavy atom. The lowest BCUT2D eigenvalue weighted by Gasteiger charge is -2.24. The summed E-state index contributed by atoms with van der Waals surface area (Å²) >= 11 is 5.61. The molecule has 2 aromatic carbocycles. The molecule has 1 heterocycles. The standard InChI is InChI=1S/C16H15NS/c1-11-7-9-13(10-8-11)17-12(2)14-5-3-4-6-15(14)16(17)18/h3-10,12H,1-2H3. The van der Waals surface area contributed by atoms with Crippen molar-refractivity contribution in [3.8, 4) is 0 Å². The largest absolute Gasteiger partial charge is 0.325 e. The molecule has 0 N–H and O–H groups in total. The van der Waals surface area contributed by atoms with Gasteiger partial charge in [0.15, 0.2) is 0 Å². The van der Waals surface area contributed by atoms with E-state index in [1.54, 1.807) is 0 Å². The summed E-state index contributed by atoms with van der Waals surface area (Å²) in [5.41, 5.74) is 4.96. The average Bonchev–Trinajstić information content (AvgIpc) is 2.64. The van der Waals surface area contributed by atoms with Crippen molar-refractivity contribution < 1.29 is 0 Å². The molecule has 1 nitrogen and oxygen atoms in total. The Bertz CT molecular complexity index is 601. The zero-order valence-electron chi connectivity index (χ0n) is 10.6. The van der Waals surface area contributed by atoms with Gasteiger partial charge >= 0.3 is 0 Å². The van der Waals surface area contributed by atoms with Crippen molar-refractivity contribution in [2.24, 2.45) is 0 Å². The van der Waals surface area contributed by atoms with Gasteiger partial charge in [0.25, 0.3) is 0 Å². The molecule has 1 unspecified atom stereocenters. The van der Waals surface area contributed by atoms with Gasteiger partial charge in [-0.05, 0) is 31.5 Å². The maximum atomic E-state index is 5.61. The molecule has 0 saturated carbocycles. The predicted octanol–water partition coefficient (Wildman–Crippen LogP) is 4.25. The van der Waals surface area contributed by atoms with Crippen LogP contribution in [0.2, 0.25) is 0 Å². The summed E-state index contributed by atoms with van der Waals surface area (Å²) in [4.78, 5) is 3.17. The van der Waals surface area contributed by atoms with Gasteiger partial charge < -0.3 is 4.90 Å². The molecule has 2 aromatic rings. The van der Waals surface area contributed by atoms with Crippen LogP contribution in [-0.2, 0) is 0 Å². The van der Waals surface area contributed by atoms with Crippen LogP contribution in [0.15, 0.2) is 48.5 Å². The van der Waals surface area contributed by atoms with Crippen LogP contribution in [0, 0.1) is 6.92 Å². The zero-order chi connectivity index (χ0) is 12.7. The first-order valence-corrected chi connectivity index (χ1v) is 6.58. The predicted molar refractivity (Wildman–Crippen MR) is 80.2 cm³/mol. The fraction of sp³-hybridized carbons (Fsp3) is 0.188. The molecule has 0 spiro atoms. The third-order valence-electron chi connectivity index (χ3n) is 3.56. The number of thiocarbonyl (C=S) groups is 1. The van der Waals surface area contributed by atoms with Crippen LogP contribution >= 0.6 is 12.2 Å². The van der Waals surface area contributed by atoms with Crippen LogP contribution in [0.1, 0.15) is 29.7 Å². The van der Waals surface area contributed by atoms with Crippen molar-refractivity contribution in [3.63, 3.8) is 0 Å². The van der Waals surface area contributed by atoms with Gasteiger partial charge in [-0.2, -0.15) is 0 Å². The molecule has 2 heteroatoms. The van der Waals surface area contributed by atoms with Gasteiger partial charge in [0.2, 0.25) is 0 Å². The Hall–Kier alpha value is -1.67. The molecule has 3 rings (SSSR count). The summed E-state index contributed by atoms with van der Waals surface area (Å²) < 4.78 is 0. The number of anilines is 1. The van der Waals surface area contributed by atoms with Crippen LogP contribution in [-0.4, -0.2) is 4.99 Å². The van der Waals surface area contributed by atoms with Crippen LogP contribution in [0.4, 0.5) is 5.69 Å². The van der Waals surface area contributed by atoms with Gasteiger partial charge in [0.05, 0.1) is 6.04 Å². The number of hydrogen-bond donors (Lipinski definition) is 0. The first-order valence-electron chi connectivity index (χ1n) is 6.17. The van der Waals surface area contributed by atoms with E-state index in [-0.39, 0.29) is 0 Å². The lowest BCUT2D eigenvalue weighted by atomic mass is 10.1. The van der Waals surface area contributed by atoms with Gasteiger partial charge in [-0.3, -0.25) is 0 Å². The van der Waals surface area contributed by atoms with E-state index in [0.29, 0.717) is 6.04 Å². The van der Waals surface area contributed by atoms with Crippen molar-refractivity contribution in [3.05, 3.63) is 65.2 Å². The third kappa shape index (κ3) is 1.65. The number of benzene rings is 2. The highest BCUT2D eigenvalue weighted by Crippen LogP contribution is 2.37. The number of nitrogens with zero attached hydrogens (tertiary/aromatic N) is 1. The van der Waals surface area contributed by atoms with E-state index in [0.717, 1.165) is 4.99 Å². The quantitative estimate of drug-likeness (QED) is 0.699. The van der Waals surface area contributed by atoms with Crippen molar-refractivity contribution in [1.82, 2.24) is 0 Å². The van der Waals surface area contributed by atoms with E-state index >= 15 is 0 Å². The highest BCUT2D eigenvalue weighted by molar-refractivity contribution is 7.81. The first kappa shape index (κ1) is 11.4. The summed E-state index contributed by atoms with van der Waals surface area (Å²) in [6.07, 6.45) is 0. The lowest BCUT2D eigenvalue weighted by Crippen LogP contribution is -2.25. The first-order chi connectivity index (χ1) is 8.68. The van der Waals surface area contributed by atoms with Crippen molar-refractivity contribution in [1.29, 1.82) is 0 Å². The van der Waals surface area contributed by atoms with Crippen molar-refractivity contribution in [2.45, 2.75) is 19.9 Å². The van der Waals surface area contributed by atoms with E-state index < -0.39 is 0 Å². The van der Waals surface area contributed by atoms with Crippen molar-refractivity contribution >= 4 is 22.9 Å². The number of fused-ring (bicyclic) bond motifs is 1. The minimum Gasteiger partial charge on any atom is -0.325 e. The molecule has 1 aliphatic rings. The molecule has 1 aliphatic heterocycles. The molecule has 0 fully saturated rings. The Kier molecular flexibility index (Phi) is 2.67. The fourth-order valence-electron chi connectivity index (χ4n) is 2.55. The molecule has 0 aliphatic carbocycles. The summed E-state index contributed by atoms with van der Waals surface area (Å²) in [6, 6.07) is 17.3. The third-order valence-corrected chi connectivity index (χ3v) is 3.98. The Morgan fingerprint density at radius 3 is 2.33 bits per heavy atom. The average molecular weight is 253 g/mol. The zero-order valence-corrected chi connectivity index (χ0v) is 11.4. The second-order valence-corrected chi connectivity index (χ2v) is 5.16. The number of aryl methyl sites for hydroxylation is 1. The van der Waals surface area contributed by atoms with Gasteiger partial charge in [0.1, 0.15) is 4.99 Å². The van der Waals surface area contributed by atoms with E-state index in [1.807, 2.05) is 0 Å². The fourth-order valence-corrected chi connectivity index (χ4v) is 3.00. The Balaban J connectivity index is 2.06. The molecular formula is C16H15NS. The summed E-state index contributed by atoms with van der Waals surface area (Å²) in [7, 11) is 0. The molecule has 18 heavy (non-hydrogen) atoms. The topological polar surface area (TPSA) is 3.24 Å². The van der Waals surface area contributed by atoms with E-state index in [1.165, 1.54) is 22.4 Å². The van der Waals surface area contributed by atoms with Gasteiger partial charge in [-0.15, -0.1) is 0 Å².